The van der Waals surface area contributed by atoms with E-state index in [0.717, 1.165) is 31.2 Å². The topological polar surface area (TPSA) is 42.0 Å². The molecule has 17 heavy (non-hydrogen) atoms. The smallest absolute Gasteiger partial charge is 0.223 e. The molecule has 0 aromatic carbocycles. The normalized spacial score (nSPS) is 18.9. The minimum Gasteiger partial charge on any atom is -0.356 e. The van der Waals surface area contributed by atoms with Gasteiger partial charge >= 0.3 is 0 Å². The molecule has 0 spiro atoms. The predicted octanol–water partition coefficient (Wildman–Crippen LogP) is 2.10. The first kappa shape index (κ1) is 11.8. The predicted molar refractivity (Wildman–Crippen MR) is 67.4 cm³/mol. The van der Waals surface area contributed by atoms with Gasteiger partial charge in [0.25, 0.3) is 0 Å². The molecule has 1 amide bonds. The standard InChI is InChI=1S/C14H18N2O/c17-14(13-6-2-1-3-7-13)16-10-8-12-5-4-9-15-11-12/h1-2,4-5,9,11,13H,3,6-8,10H2,(H,16,17). The van der Waals surface area contributed by atoms with Gasteiger partial charge in [-0.3, -0.25) is 9.78 Å². The number of carbonyl (C=O) groups is 1. The van der Waals surface area contributed by atoms with Crippen molar-refractivity contribution in [2.75, 3.05) is 6.54 Å². The molecule has 90 valence electrons. The molecule has 0 bridgehead atoms. The first-order chi connectivity index (χ1) is 8.36. The Labute approximate surface area is 102 Å². The van der Waals surface area contributed by atoms with E-state index in [0.29, 0.717) is 6.54 Å². The molecule has 0 saturated carbocycles. The largest absolute Gasteiger partial charge is 0.356 e. The Morgan fingerprint density at radius 3 is 3.12 bits per heavy atom. The summed E-state index contributed by atoms with van der Waals surface area (Å²) in [5, 5.41) is 3.00. The summed E-state index contributed by atoms with van der Waals surface area (Å²) in [6, 6.07) is 3.95. The average Bonchev–Trinajstić information content (AvgIpc) is 2.41. The van der Waals surface area contributed by atoms with Crippen LogP contribution in [-0.4, -0.2) is 17.4 Å². The zero-order chi connectivity index (χ0) is 11.9. The lowest BCUT2D eigenvalue weighted by atomic mass is 9.93. The Morgan fingerprint density at radius 2 is 2.41 bits per heavy atom. The van der Waals surface area contributed by atoms with Gasteiger partial charge in [0.2, 0.25) is 5.91 Å². The molecule has 1 aliphatic carbocycles. The van der Waals surface area contributed by atoms with Crippen LogP contribution in [0.1, 0.15) is 24.8 Å². The van der Waals surface area contributed by atoms with Crippen molar-refractivity contribution in [3.63, 3.8) is 0 Å². The van der Waals surface area contributed by atoms with Gasteiger partial charge in [-0.15, -0.1) is 0 Å². The monoisotopic (exact) mass is 230 g/mol. The minimum absolute atomic E-state index is 0.175. The van der Waals surface area contributed by atoms with Gasteiger partial charge in [-0.2, -0.15) is 0 Å². The van der Waals surface area contributed by atoms with Crippen LogP contribution < -0.4 is 5.32 Å². The second-order valence-electron chi connectivity index (χ2n) is 4.38. The summed E-state index contributed by atoms with van der Waals surface area (Å²) in [5.41, 5.74) is 1.16. The number of hydrogen-bond acceptors (Lipinski definition) is 2. The van der Waals surface area contributed by atoms with E-state index in [1.807, 2.05) is 18.3 Å². The fourth-order valence-electron chi connectivity index (χ4n) is 2.05. The van der Waals surface area contributed by atoms with E-state index in [-0.39, 0.29) is 11.8 Å². The highest BCUT2D eigenvalue weighted by Gasteiger charge is 2.17. The third-order valence-electron chi connectivity index (χ3n) is 3.08. The molecule has 1 heterocycles. The Morgan fingerprint density at radius 1 is 1.47 bits per heavy atom. The molecule has 0 fully saturated rings. The Balaban J connectivity index is 1.71. The number of nitrogens with one attached hydrogen (secondary N) is 1. The highest BCUT2D eigenvalue weighted by molar-refractivity contribution is 5.78. The van der Waals surface area contributed by atoms with Crippen LogP contribution in [0.3, 0.4) is 0 Å². The van der Waals surface area contributed by atoms with Gasteiger partial charge < -0.3 is 5.32 Å². The summed E-state index contributed by atoms with van der Waals surface area (Å²) >= 11 is 0. The summed E-state index contributed by atoms with van der Waals surface area (Å²) in [6.07, 6.45) is 11.6. The molecule has 1 aromatic rings. The van der Waals surface area contributed by atoms with Crippen molar-refractivity contribution in [1.82, 2.24) is 10.3 Å². The molecular formula is C14H18N2O. The number of rotatable bonds is 4. The first-order valence-electron chi connectivity index (χ1n) is 6.18. The van der Waals surface area contributed by atoms with E-state index in [4.69, 9.17) is 0 Å². The highest BCUT2D eigenvalue weighted by atomic mass is 16.1. The molecule has 1 atom stereocenters. The maximum absolute atomic E-state index is 11.8. The summed E-state index contributed by atoms with van der Waals surface area (Å²) in [4.78, 5) is 15.9. The number of pyridine rings is 1. The van der Waals surface area contributed by atoms with Crippen molar-refractivity contribution in [2.24, 2.45) is 5.92 Å². The molecule has 2 rings (SSSR count). The minimum atomic E-state index is 0.175. The van der Waals surface area contributed by atoms with Gasteiger partial charge in [0.1, 0.15) is 0 Å². The lowest BCUT2D eigenvalue weighted by Crippen LogP contribution is -2.32. The molecule has 1 aliphatic rings. The summed E-state index contributed by atoms with van der Waals surface area (Å²) in [7, 11) is 0. The Hall–Kier alpha value is -1.64. The summed E-state index contributed by atoms with van der Waals surface area (Å²) < 4.78 is 0. The van der Waals surface area contributed by atoms with E-state index in [1.54, 1.807) is 6.20 Å². The molecule has 1 aromatic heterocycles. The average molecular weight is 230 g/mol. The SMILES string of the molecule is O=C(NCCc1cccnc1)C1CC=CCC1. The summed E-state index contributed by atoms with van der Waals surface area (Å²) in [6.45, 7) is 0.699. The van der Waals surface area contributed by atoms with Gasteiger partial charge in [-0.05, 0) is 37.3 Å². The van der Waals surface area contributed by atoms with Crippen molar-refractivity contribution in [3.8, 4) is 0 Å². The van der Waals surface area contributed by atoms with Crippen LogP contribution in [0, 0.1) is 5.92 Å². The van der Waals surface area contributed by atoms with E-state index < -0.39 is 0 Å². The lowest BCUT2D eigenvalue weighted by Gasteiger charge is -2.17. The van der Waals surface area contributed by atoms with Crippen molar-refractivity contribution in [1.29, 1.82) is 0 Å². The first-order valence-corrected chi connectivity index (χ1v) is 6.18. The van der Waals surface area contributed by atoms with Crippen molar-refractivity contribution in [3.05, 3.63) is 42.2 Å². The van der Waals surface area contributed by atoms with Gasteiger partial charge in [0, 0.05) is 24.9 Å². The fraction of sp³-hybridized carbons (Fsp3) is 0.429. The molecule has 3 heteroatoms. The van der Waals surface area contributed by atoms with Crippen LogP contribution in [0.4, 0.5) is 0 Å². The fourth-order valence-corrected chi connectivity index (χ4v) is 2.05. The molecule has 0 saturated heterocycles. The van der Waals surface area contributed by atoms with E-state index in [2.05, 4.69) is 22.5 Å². The van der Waals surface area contributed by atoms with Crippen molar-refractivity contribution in [2.45, 2.75) is 25.7 Å². The van der Waals surface area contributed by atoms with Crippen molar-refractivity contribution >= 4 is 5.91 Å². The van der Waals surface area contributed by atoms with Gasteiger partial charge in [-0.25, -0.2) is 0 Å². The number of allylic oxidation sites excluding steroid dienone is 2. The third-order valence-corrected chi connectivity index (χ3v) is 3.08. The number of carbonyl (C=O) groups excluding carboxylic acids is 1. The molecular weight excluding hydrogens is 212 g/mol. The van der Waals surface area contributed by atoms with Crippen LogP contribution in [-0.2, 0) is 11.2 Å². The van der Waals surface area contributed by atoms with E-state index in [1.165, 1.54) is 0 Å². The highest BCUT2D eigenvalue weighted by Crippen LogP contribution is 2.17. The molecule has 0 aliphatic heterocycles. The maximum atomic E-state index is 11.8. The maximum Gasteiger partial charge on any atom is 0.223 e. The van der Waals surface area contributed by atoms with Gasteiger partial charge in [-0.1, -0.05) is 18.2 Å². The Kier molecular flexibility index (Phi) is 4.30. The van der Waals surface area contributed by atoms with E-state index >= 15 is 0 Å². The number of aromatic nitrogens is 1. The number of amides is 1. The van der Waals surface area contributed by atoms with Crippen LogP contribution in [0.15, 0.2) is 36.7 Å². The van der Waals surface area contributed by atoms with Crippen molar-refractivity contribution < 1.29 is 4.79 Å². The van der Waals surface area contributed by atoms with Crippen LogP contribution in [0.2, 0.25) is 0 Å². The lowest BCUT2D eigenvalue weighted by molar-refractivity contribution is -0.125. The quantitative estimate of drug-likeness (QED) is 0.805. The second kappa shape index (κ2) is 6.18. The zero-order valence-electron chi connectivity index (χ0n) is 9.93. The molecule has 1 unspecified atom stereocenters. The molecule has 3 nitrogen and oxygen atoms in total. The third kappa shape index (κ3) is 3.70. The van der Waals surface area contributed by atoms with Crippen LogP contribution in [0.25, 0.3) is 0 Å². The van der Waals surface area contributed by atoms with Crippen LogP contribution in [0.5, 0.6) is 0 Å². The summed E-state index contributed by atoms with van der Waals surface area (Å²) in [5.74, 6) is 0.368. The second-order valence-corrected chi connectivity index (χ2v) is 4.38. The van der Waals surface area contributed by atoms with E-state index in [9.17, 15) is 4.79 Å². The molecule has 0 radical (unpaired) electrons. The molecule has 1 N–H and O–H groups in total. The van der Waals surface area contributed by atoms with Crippen LogP contribution >= 0.6 is 0 Å². The Bertz CT molecular complexity index is 386. The number of hydrogen-bond donors (Lipinski definition) is 1. The zero-order valence-corrected chi connectivity index (χ0v) is 9.93. The number of nitrogens with zero attached hydrogens (tertiary/aromatic N) is 1. The van der Waals surface area contributed by atoms with Gasteiger partial charge in [0.15, 0.2) is 0 Å². The van der Waals surface area contributed by atoms with Gasteiger partial charge in [0.05, 0.1) is 0 Å².